The number of carbonyl (C=O) groups excluding carboxylic acids is 1. The number of amides is 1. The van der Waals surface area contributed by atoms with Crippen molar-refractivity contribution in [2.24, 2.45) is 10.9 Å². The van der Waals surface area contributed by atoms with Crippen molar-refractivity contribution < 1.29 is 4.79 Å². The lowest BCUT2D eigenvalue weighted by atomic mass is 9.89. The van der Waals surface area contributed by atoms with Crippen molar-refractivity contribution in [1.29, 1.82) is 0 Å². The maximum Gasteiger partial charge on any atom is 0.219 e. The molecule has 1 heterocycles. The molecule has 0 unspecified atom stereocenters. The third-order valence-corrected chi connectivity index (χ3v) is 8.23. The van der Waals surface area contributed by atoms with Gasteiger partial charge in [-0.05, 0) is 80.7 Å². The van der Waals surface area contributed by atoms with E-state index in [0.29, 0.717) is 6.67 Å². The fourth-order valence-corrected chi connectivity index (χ4v) is 5.67. The first-order valence-corrected chi connectivity index (χ1v) is 15.2. The largest absolute Gasteiger partial charge is 0.388 e. The summed E-state index contributed by atoms with van der Waals surface area (Å²) in [4.78, 5) is 22.1. The smallest absolute Gasteiger partial charge is 0.219 e. The molecular weight excluding hydrogens is 560 g/mol. The first kappa shape index (κ1) is 30.5. The maximum atomic E-state index is 11.7. The summed E-state index contributed by atoms with van der Waals surface area (Å²) in [6, 6.07) is 16.5. The van der Waals surface area contributed by atoms with E-state index >= 15 is 0 Å². The summed E-state index contributed by atoms with van der Waals surface area (Å²) in [6.45, 7) is 6.49. The van der Waals surface area contributed by atoms with E-state index in [9.17, 15) is 4.79 Å². The van der Waals surface area contributed by atoms with Gasteiger partial charge in [0.15, 0.2) is 0 Å². The molecule has 1 aliphatic heterocycles. The van der Waals surface area contributed by atoms with E-state index in [2.05, 4.69) is 66.5 Å². The number of piperazine rings is 1. The molecule has 1 saturated carbocycles. The lowest BCUT2D eigenvalue weighted by molar-refractivity contribution is -0.130. The molecule has 208 valence electrons. The van der Waals surface area contributed by atoms with Crippen LogP contribution in [0.2, 0.25) is 0 Å². The number of aliphatic imine (C=N–C) groups is 1. The summed E-state index contributed by atoms with van der Waals surface area (Å²) in [7, 11) is 3.86. The standard InChI is InChI=1S/C22H35N5O.C7H8BrNS/c1-18(28)26-12-14-27(15-13-26)22(20-10-6-7-11-21(20)23-2)25-17-24-16-19-8-4-3-5-9-19;1-9-10-7-4-2-6(8)3-5-7/h6-7,10-11,19,23-24H,3-5,8-9,12-17H2,1-2H3;2-5,9H,1H3/b25-22+;. The minimum absolute atomic E-state index is 0.155. The Hall–Kier alpha value is -2.07. The summed E-state index contributed by atoms with van der Waals surface area (Å²) in [6.07, 6.45) is 6.83. The van der Waals surface area contributed by atoms with Gasteiger partial charge in [0, 0.05) is 60.8 Å². The highest BCUT2D eigenvalue weighted by Gasteiger charge is 2.23. The van der Waals surface area contributed by atoms with Crippen LogP contribution in [-0.2, 0) is 4.79 Å². The summed E-state index contributed by atoms with van der Waals surface area (Å²) in [5.74, 6) is 1.98. The van der Waals surface area contributed by atoms with Gasteiger partial charge in [0.1, 0.15) is 5.84 Å². The van der Waals surface area contributed by atoms with Crippen LogP contribution >= 0.6 is 27.9 Å². The molecule has 0 spiro atoms. The number of hydrogen-bond acceptors (Lipinski definition) is 6. The highest BCUT2D eigenvalue weighted by Crippen LogP contribution is 2.23. The van der Waals surface area contributed by atoms with E-state index < -0.39 is 0 Å². The SMILES string of the molecule is CNSc1ccc(Br)cc1.CNc1ccccc1/C(=N\CNCC1CCCCC1)N1CCN(C(C)=O)CC1. The molecule has 3 N–H and O–H groups in total. The second-order valence-electron chi connectivity index (χ2n) is 9.65. The Morgan fingerprint density at radius 2 is 1.63 bits per heavy atom. The average Bonchev–Trinajstić information content (AvgIpc) is 2.95. The van der Waals surface area contributed by atoms with Crippen molar-refractivity contribution in [2.45, 2.75) is 43.9 Å². The van der Waals surface area contributed by atoms with Crippen LogP contribution in [-0.4, -0.2) is 75.0 Å². The van der Waals surface area contributed by atoms with Crippen molar-refractivity contribution in [3.05, 3.63) is 58.6 Å². The summed E-state index contributed by atoms with van der Waals surface area (Å²) in [5, 5.41) is 6.85. The molecule has 0 aromatic heterocycles. The van der Waals surface area contributed by atoms with Gasteiger partial charge >= 0.3 is 0 Å². The molecule has 2 aromatic rings. The third kappa shape index (κ3) is 9.91. The van der Waals surface area contributed by atoms with Crippen molar-refractivity contribution in [2.75, 3.05) is 58.8 Å². The fourth-order valence-electron chi connectivity index (χ4n) is 4.90. The van der Waals surface area contributed by atoms with Crippen LogP contribution in [0.1, 0.15) is 44.6 Å². The van der Waals surface area contributed by atoms with Crippen LogP contribution < -0.4 is 15.4 Å². The quantitative estimate of drug-likeness (QED) is 0.162. The molecule has 4 rings (SSSR count). The highest BCUT2D eigenvalue weighted by molar-refractivity contribution is 9.10. The highest BCUT2D eigenvalue weighted by atomic mass is 79.9. The Labute approximate surface area is 241 Å². The van der Waals surface area contributed by atoms with E-state index in [4.69, 9.17) is 4.99 Å². The van der Waals surface area contributed by atoms with Crippen molar-refractivity contribution in [3.63, 3.8) is 0 Å². The van der Waals surface area contributed by atoms with E-state index in [-0.39, 0.29) is 5.91 Å². The summed E-state index contributed by atoms with van der Waals surface area (Å²) in [5.41, 5.74) is 2.21. The van der Waals surface area contributed by atoms with Gasteiger partial charge in [0.05, 0.1) is 6.67 Å². The van der Waals surface area contributed by atoms with Gasteiger partial charge in [-0.2, -0.15) is 0 Å². The van der Waals surface area contributed by atoms with E-state index in [1.807, 2.05) is 37.2 Å². The lowest BCUT2D eigenvalue weighted by Gasteiger charge is -2.36. The Bertz CT molecular complexity index is 1000. The molecule has 2 aliphatic rings. The number of para-hydroxylation sites is 1. The molecule has 2 fully saturated rings. The minimum Gasteiger partial charge on any atom is -0.388 e. The summed E-state index contributed by atoms with van der Waals surface area (Å²) >= 11 is 4.98. The van der Waals surface area contributed by atoms with Crippen molar-refractivity contribution in [1.82, 2.24) is 19.8 Å². The third-order valence-electron chi connectivity index (χ3n) is 6.99. The Kier molecular flexibility index (Phi) is 13.5. The maximum absolute atomic E-state index is 11.7. The van der Waals surface area contributed by atoms with Crippen LogP contribution in [0.5, 0.6) is 0 Å². The molecule has 7 nitrogen and oxygen atoms in total. The zero-order valence-corrected chi connectivity index (χ0v) is 25.4. The minimum atomic E-state index is 0.155. The molecule has 9 heteroatoms. The Balaban J connectivity index is 0.000000336. The topological polar surface area (TPSA) is 72.0 Å². The molecular formula is C29H43BrN6OS. The molecule has 2 aromatic carbocycles. The zero-order valence-electron chi connectivity index (χ0n) is 23.0. The van der Waals surface area contributed by atoms with Gasteiger partial charge < -0.3 is 15.1 Å². The predicted octanol–water partition coefficient (Wildman–Crippen LogP) is 5.44. The number of carbonyl (C=O) groups is 1. The van der Waals surface area contributed by atoms with Gasteiger partial charge in [-0.3, -0.25) is 19.8 Å². The number of amidine groups is 1. The normalized spacial score (nSPS) is 16.6. The van der Waals surface area contributed by atoms with E-state index in [1.54, 1.807) is 18.9 Å². The lowest BCUT2D eigenvalue weighted by Crippen LogP contribution is -2.50. The number of benzene rings is 2. The number of anilines is 1. The van der Waals surface area contributed by atoms with Gasteiger partial charge in [-0.15, -0.1) is 0 Å². The second kappa shape index (κ2) is 16.8. The van der Waals surface area contributed by atoms with Crippen LogP contribution in [0.25, 0.3) is 0 Å². The zero-order chi connectivity index (χ0) is 27.2. The van der Waals surface area contributed by atoms with Crippen LogP contribution in [0.4, 0.5) is 5.69 Å². The average molecular weight is 604 g/mol. The molecule has 0 radical (unpaired) electrons. The fraction of sp³-hybridized carbons (Fsp3) is 0.517. The Morgan fingerprint density at radius 3 is 2.26 bits per heavy atom. The molecule has 1 aliphatic carbocycles. The van der Waals surface area contributed by atoms with E-state index in [1.165, 1.54) is 37.0 Å². The van der Waals surface area contributed by atoms with E-state index in [0.717, 1.165) is 60.2 Å². The number of nitrogens with one attached hydrogen (secondary N) is 3. The van der Waals surface area contributed by atoms with Gasteiger partial charge in [0.2, 0.25) is 5.91 Å². The van der Waals surface area contributed by atoms with Crippen molar-refractivity contribution in [3.8, 4) is 0 Å². The molecule has 0 atom stereocenters. The molecule has 38 heavy (non-hydrogen) atoms. The van der Waals surface area contributed by atoms with Crippen LogP contribution in [0.15, 0.2) is 62.9 Å². The van der Waals surface area contributed by atoms with Gasteiger partial charge in [-0.1, -0.05) is 47.3 Å². The molecule has 1 saturated heterocycles. The molecule has 0 bridgehead atoms. The second-order valence-corrected chi connectivity index (χ2v) is 11.6. The summed E-state index contributed by atoms with van der Waals surface area (Å²) < 4.78 is 4.12. The predicted molar refractivity (Wildman–Crippen MR) is 165 cm³/mol. The number of hydrogen-bond donors (Lipinski definition) is 3. The van der Waals surface area contributed by atoms with Gasteiger partial charge in [-0.25, -0.2) is 0 Å². The van der Waals surface area contributed by atoms with Crippen molar-refractivity contribution >= 4 is 45.3 Å². The monoisotopic (exact) mass is 602 g/mol. The number of rotatable bonds is 8. The first-order chi connectivity index (χ1) is 18.5. The van der Waals surface area contributed by atoms with Gasteiger partial charge in [0.25, 0.3) is 0 Å². The first-order valence-electron chi connectivity index (χ1n) is 13.6. The number of nitrogens with zero attached hydrogens (tertiary/aromatic N) is 3. The Morgan fingerprint density at radius 1 is 0.974 bits per heavy atom. The van der Waals surface area contributed by atoms with Crippen LogP contribution in [0, 0.1) is 5.92 Å². The van der Waals surface area contributed by atoms with Crippen LogP contribution in [0.3, 0.4) is 0 Å². The number of halogens is 1. The molecule has 1 amide bonds.